The van der Waals surface area contributed by atoms with Crippen LogP contribution in [0.4, 0.5) is 11.5 Å². The number of hydrogen-bond donors (Lipinski definition) is 3. The van der Waals surface area contributed by atoms with E-state index in [-0.39, 0.29) is 5.91 Å². The smallest absolute Gasteiger partial charge is 0.257 e. The molecule has 0 atom stereocenters. The number of carbonyl (C=O) groups excluding carboxylic acids is 1. The Kier molecular flexibility index (Phi) is 5.29. The second-order valence-corrected chi connectivity index (χ2v) is 7.19. The summed E-state index contributed by atoms with van der Waals surface area (Å²) in [5, 5.41) is 7.57. The molecule has 0 spiro atoms. The Morgan fingerprint density at radius 1 is 1.00 bits per heavy atom. The van der Waals surface area contributed by atoms with E-state index in [1.165, 1.54) is 10.9 Å². The zero-order valence-corrected chi connectivity index (χ0v) is 16.6. The van der Waals surface area contributed by atoms with Crippen LogP contribution in [0.25, 0.3) is 10.9 Å². The van der Waals surface area contributed by atoms with Crippen LogP contribution >= 0.6 is 0 Å². The molecule has 0 fully saturated rings. The number of nitrogens with zero attached hydrogens (tertiary/aromatic N) is 1. The molecular weight excluding hydrogens is 360 g/mol. The number of benzene rings is 2. The van der Waals surface area contributed by atoms with Crippen LogP contribution in [0.15, 0.2) is 67.0 Å². The molecule has 3 N–H and O–H groups in total. The molecule has 29 heavy (non-hydrogen) atoms. The van der Waals surface area contributed by atoms with Gasteiger partial charge >= 0.3 is 0 Å². The highest BCUT2D eigenvalue weighted by Gasteiger charge is 2.10. The number of aromatic amines is 1. The number of aryl methyl sites for hydroxylation is 2. The van der Waals surface area contributed by atoms with E-state index in [0.717, 1.165) is 41.1 Å². The van der Waals surface area contributed by atoms with Crippen LogP contribution in [-0.2, 0) is 6.42 Å². The molecule has 4 aromatic rings. The molecule has 1 amide bonds. The van der Waals surface area contributed by atoms with Crippen LogP contribution in [0.2, 0.25) is 0 Å². The van der Waals surface area contributed by atoms with Gasteiger partial charge in [-0.05, 0) is 55.2 Å². The predicted molar refractivity (Wildman–Crippen MR) is 119 cm³/mol. The number of fused-ring (bicyclic) bond motifs is 1. The Morgan fingerprint density at radius 2 is 1.79 bits per heavy atom. The number of anilines is 2. The first kappa shape index (κ1) is 18.7. The number of amides is 1. The summed E-state index contributed by atoms with van der Waals surface area (Å²) >= 11 is 0. The number of para-hydroxylation sites is 2. The number of rotatable bonds is 6. The van der Waals surface area contributed by atoms with E-state index < -0.39 is 0 Å². The van der Waals surface area contributed by atoms with E-state index in [1.807, 2.05) is 44.2 Å². The average Bonchev–Trinajstić information content (AvgIpc) is 3.14. The second kappa shape index (κ2) is 8.19. The van der Waals surface area contributed by atoms with E-state index >= 15 is 0 Å². The summed E-state index contributed by atoms with van der Waals surface area (Å²) in [4.78, 5) is 20.2. The molecule has 0 saturated heterocycles. The molecule has 146 valence electrons. The Hall–Kier alpha value is -3.60. The highest BCUT2D eigenvalue weighted by Crippen LogP contribution is 2.21. The number of carbonyl (C=O) groups is 1. The molecule has 5 nitrogen and oxygen atoms in total. The van der Waals surface area contributed by atoms with Crippen molar-refractivity contribution in [2.45, 2.75) is 20.3 Å². The SMILES string of the molecule is Cc1cccc(C)c1NC(=O)c1ccc(NCCc2c[nH]c3ccccc23)nc1. The van der Waals surface area contributed by atoms with Crippen molar-refractivity contribution < 1.29 is 4.79 Å². The standard InChI is InChI=1S/C24H24N4O/c1-16-6-5-7-17(2)23(16)28-24(29)19-10-11-22(27-15-19)25-13-12-18-14-26-21-9-4-3-8-20(18)21/h3-11,14-15,26H,12-13H2,1-2H3,(H,25,27)(H,28,29). The lowest BCUT2D eigenvalue weighted by Gasteiger charge is -2.11. The van der Waals surface area contributed by atoms with Gasteiger partial charge in [0.2, 0.25) is 0 Å². The highest BCUT2D eigenvalue weighted by molar-refractivity contribution is 6.05. The van der Waals surface area contributed by atoms with Gasteiger partial charge in [0, 0.05) is 35.5 Å². The molecule has 0 aliphatic carbocycles. The minimum Gasteiger partial charge on any atom is -0.370 e. The minimum atomic E-state index is -0.153. The van der Waals surface area contributed by atoms with Crippen LogP contribution < -0.4 is 10.6 Å². The van der Waals surface area contributed by atoms with E-state index in [2.05, 4.69) is 45.0 Å². The maximum atomic E-state index is 12.5. The van der Waals surface area contributed by atoms with E-state index in [9.17, 15) is 4.79 Å². The third-order valence-corrected chi connectivity index (χ3v) is 5.12. The number of H-pyrrole nitrogens is 1. The topological polar surface area (TPSA) is 69.8 Å². The Bertz CT molecular complexity index is 1120. The zero-order chi connectivity index (χ0) is 20.2. The molecule has 2 aromatic carbocycles. The minimum absolute atomic E-state index is 0.153. The lowest BCUT2D eigenvalue weighted by molar-refractivity contribution is 0.102. The summed E-state index contributed by atoms with van der Waals surface area (Å²) in [7, 11) is 0. The van der Waals surface area contributed by atoms with Crippen molar-refractivity contribution in [2.24, 2.45) is 0 Å². The molecule has 2 aromatic heterocycles. The van der Waals surface area contributed by atoms with Gasteiger partial charge in [-0.25, -0.2) is 4.98 Å². The first-order valence-corrected chi connectivity index (χ1v) is 9.74. The Labute approximate surface area is 170 Å². The Balaban J connectivity index is 1.36. The van der Waals surface area contributed by atoms with Gasteiger partial charge in [-0.3, -0.25) is 4.79 Å². The fourth-order valence-electron chi connectivity index (χ4n) is 3.49. The molecule has 0 aliphatic heterocycles. The molecule has 0 radical (unpaired) electrons. The lowest BCUT2D eigenvalue weighted by atomic mass is 10.1. The number of nitrogens with one attached hydrogen (secondary N) is 3. The number of hydrogen-bond acceptors (Lipinski definition) is 3. The van der Waals surface area contributed by atoms with Gasteiger partial charge in [0.05, 0.1) is 5.56 Å². The lowest BCUT2D eigenvalue weighted by Crippen LogP contribution is -2.14. The zero-order valence-electron chi connectivity index (χ0n) is 16.6. The van der Waals surface area contributed by atoms with Crippen molar-refractivity contribution in [1.82, 2.24) is 9.97 Å². The summed E-state index contributed by atoms with van der Waals surface area (Å²) in [6, 6.07) is 17.9. The van der Waals surface area contributed by atoms with Gasteiger partial charge in [-0.2, -0.15) is 0 Å². The Morgan fingerprint density at radius 3 is 2.55 bits per heavy atom. The molecule has 5 heteroatoms. The van der Waals surface area contributed by atoms with Crippen LogP contribution in [-0.4, -0.2) is 22.4 Å². The predicted octanol–water partition coefficient (Wildman–Crippen LogP) is 5.09. The summed E-state index contributed by atoms with van der Waals surface area (Å²) in [6.45, 7) is 4.74. The van der Waals surface area contributed by atoms with Crippen molar-refractivity contribution in [3.8, 4) is 0 Å². The quantitative estimate of drug-likeness (QED) is 0.434. The molecule has 0 bridgehead atoms. The second-order valence-electron chi connectivity index (χ2n) is 7.19. The van der Waals surface area contributed by atoms with Crippen LogP contribution in [0, 0.1) is 13.8 Å². The third kappa shape index (κ3) is 4.14. The van der Waals surface area contributed by atoms with Crippen molar-refractivity contribution in [1.29, 1.82) is 0 Å². The van der Waals surface area contributed by atoms with Gasteiger partial charge in [-0.1, -0.05) is 36.4 Å². The van der Waals surface area contributed by atoms with Crippen molar-refractivity contribution >= 4 is 28.3 Å². The van der Waals surface area contributed by atoms with Gasteiger partial charge in [0.15, 0.2) is 0 Å². The average molecular weight is 384 g/mol. The van der Waals surface area contributed by atoms with Crippen LogP contribution in [0.1, 0.15) is 27.0 Å². The van der Waals surface area contributed by atoms with Gasteiger partial charge in [0.1, 0.15) is 5.82 Å². The first-order chi connectivity index (χ1) is 14.1. The van der Waals surface area contributed by atoms with Gasteiger partial charge in [-0.15, -0.1) is 0 Å². The van der Waals surface area contributed by atoms with E-state index in [0.29, 0.717) is 5.56 Å². The van der Waals surface area contributed by atoms with Gasteiger partial charge < -0.3 is 15.6 Å². The molecule has 0 unspecified atom stereocenters. The summed E-state index contributed by atoms with van der Waals surface area (Å²) in [5.74, 6) is 0.605. The first-order valence-electron chi connectivity index (χ1n) is 9.74. The van der Waals surface area contributed by atoms with E-state index in [1.54, 1.807) is 12.3 Å². The van der Waals surface area contributed by atoms with Crippen molar-refractivity contribution in [3.05, 3.63) is 89.2 Å². The molecule has 4 rings (SSSR count). The van der Waals surface area contributed by atoms with Crippen molar-refractivity contribution in [3.63, 3.8) is 0 Å². The van der Waals surface area contributed by atoms with Crippen LogP contribution in [0.3, 0.4) is 0 Å². The maximum absolute atomic E-state index is 12.5. The van der Waals surface area contributed by atoms with Gasteiger partial charge in [0.25, 0.3) is 5.91 Å². The summed E-state index contributed by atoms with van der Waals surface area (Å²) in [5.41, 5.74) is 5.91. The molecule has 2 heterocycles. The number of aromatic nitrogens is 2. The maximum Gasteiger partial charge on any atom is 0.257 e. The van der Waals surface area contributed by atoms with Crippen LogP contribution in [0.5, 0.6) is 0 Å². The summed E-state index contributed by atoms with van der Waals surface area (Å²) in [6.07, 6.45) is 4.55. The monoisotopic (exact) mass is 384 g/mol. The molecular formula is C24H24N4O. The van der Waals surface area contributed by atoms with E-state index in [4.69, 9.17) is 0 Å². The summed E-state index contributed by atoms with van der Waals surface area (Å²) < 4.78 is 0. The number of pyridine rings is 1. The fraction of sp³-hybridized carbons (Fsp3) is 0.167. The largest absolute Gasteiger partial charge is 0.370 e. The van der Waals surface area contributed by atoms with Crippen molar-refractivity contribution in [2.75, 3.05) is 17.2 Å². The highest BCUT2D eigenvalue weighted by atomic mass is 16.1. The molecule has 0 saturated carbocycles. The molecule has 0 aliphatic rings. The fourth-order valence-corrected chi connectivity index (χ4v) is 3.49. The third-order valence-electron chi connectivity index (χ3n) is 5.12. The normalized spacial score (nSPS) is 10.8.